The SMILES string of the molecule is C#Cc1ccc(C(C(=O)NC(C)C)N(C(=O)C(CCC(N)=O)NC(=O)OC(C)(C)C)C(C)(C)CC)cc1. The third kappa shape index (κ3) is 9.79. The smallest absolute Gasteiger partial charge is 0.408 e. The van der Waals surface area contributed by atoms with Gasteiger partial charge in [-0.15, -0.1) is 6.42 Å². The van der Waals surface area contributed by atoms with Gasteiger partial charge in [-0.2, -0.15) is 0 Å². The van der Waals surface area contributed by atoms with Gasteiger partial charge in [0.1, 0.15) is 17.7 Å². The van der Waals surface area contributed by atoms with E-state index in [2.05, 4.69) is 16.6 Å². The number of hydrogen-bond donors (Lipinski definition) is 3. The molecule has 37 heavy (non-hydrogen) atoms. The molecule has 0 heterocycles. The van der Waals surface area contributed by atoms with E-state index in [0.29, 0.717) is 17.5 Å². The third-order valence-electron chi connectivity index (χ3n) is 5.75. The summed E-state index contributed by atoms with van der Waals surface area (Å²) >= 11 is 0. The van der Waals surface area contributed by atoms with E-state index in [1.54, 1.807) is 45.0 Å². The fourth-order valence-corrected chi connectivity index (χ4v) is 3.65. The van der Waals surface area contributed by atoms with E-state index in [4.69, 9.17) is 16.9 Å². The van der Waals surface area contributed by atoms with E-state index in [0.717, 1.165) is 0 Å². The summed E-state index contributed by atoms with van der Waals surface area (Å²) in [6, 6.07) is 4.45. The molecule has 0 aliphatic rings. The van der Waals surface area contributed by atoms with Crippen molar-refractivity contribution in [2.45, 2.75) is 104 Å². The molecule has 0 radical (unpaired) electrons. The first-order valence-corrected chi connectivity index (χ1v) is 12.5. The quantitative estimate of drug-likeness (QED) is 0.390. The second kappa shape index (κ2) is 13.1. The van der Waals surface area contributed by atoms with Crippen molar-refractivity contribution in [2.24, 2.45) is 5.73 Å². The number of nitrogens with one attached hydrogen (secondary N) is 2. The third-order valence-corrected chi connectivity index (χ3v) is 5.75. The van der Waals surface area contributed by atoms with Crippen LogP contribution in [0.5, 0.6) is 0 Å². The summed E-state index contributed by atoms with van der Waals surface area (Å²) in [5, 5.41) is 5.49. The van der Waals surface area contributed by atoms with Crippen LogP contribution in [0.3, 0.4) is 0 Å². The highest BCUT2D eigenvalue weighted by atomic mass is 16.6. The molecule has 1 aromatic rings. The Balaban J connectivity index is 3.66. The van der Waals surface area contributed by atoms with Crippen molar-refractivity contribution in [2.75, 3.05) is 0 Å². The van der Waals surface area contributed by atoms with Crippen molar-refractivity contribution in [3.63, 3.8) is 0 Å². The van der Waals surface area contributed by atoms with Gasteiger partial charge in [-0.1, -0.05) is 25.0 Å². The van der Waals surface area contributed by atoms with Crippen molar-refractivity contribution in [1.82, 2.24) is 15.5 Å². The molecule has 1 aromatic carbocycles. The van der Waals surface area contributed by atoms with Crippen LogP contribution in [0.25, 0.3) is 0 Å². The fourth-order valence-electron chi connectivity index (χ4n) is 3.65. The Kier molecular flexibility index (Phi) is 11.2. The molecule has 0 fully saturated rings. The fraction of sp³-hybridized carbons (Fsp3) is 0.571. The molecule has 0 saturated heterocycles. The standard InChI is InChI=1S/C28H42N4O5/c1-10-19-12-14-20(15-13-19)23(24(34)30-18(3)4)32(28(8,9)11-2)25(35)21(16-17-22(29)33)31-26(36)37-27(5,6)7/h1,12-15,18,21,23H,11,16-17H2,2-9H3,(H2,29,33)(H,30,34)(H,31,36). The summed E-state index contributed by atoms with van der Waals surface area (Å²) in [6.07, 6.45) is 4.99. The first kappa shape index (κ1) is 31.5. The molecular weight excluding hydrogens is 472 g/mol. The Morgan fingerprint density at radius 3 is 2.05 bits per heavy atom. The zero-order chi connectivity index (χ0) is 28.6. The highest BCUT2D eigenvalue weighted by Crippen LogP contribution is 2.33. The van der Waals surface area contributed by atoms with Gasteiger partial charge in [0.05, 0.1) is 0 Å². The highest BCUT2D eigenvalue weighted by Gasteiger charge is 2.43. The number of carbonyl (C=O) groups is 4. The van der Waals surface area contributed by atoms with Crippen LogP contribution in [0.4, 0.5) is 4.79 Å². The van der Waals surface area contributed by atoms with E-state index in [-0.39, 0.29) is 24.8 Å². The van der Waals surface area contributed by atoms with Crippen LogP contribution in [0.1, 0.15) is 91.8 Å². The molecule has 0 aliphatic carbocycles. The summed E-state index contributed by atoms with van der Waals surface area (Å²) in [5.41, 5.74) is 4.92. The number of benzene rings is 1. The predicted molar refractivity (Wildman–Crippen MR) is 143 cm³/mol. The molecule has 1 rings (SSSR count). The van der Waals surface area contributed by atoms with Gasteiger partial charge in [-0.3, -0.25) is 14.4 Å². The second-order valence-corrected chi connectivity index (χ2v) is 10.9. The van der Waals surface area contributed by atoms with E-state index in [1.807, 2.05) is 34.6 Å². The maximum Gasteiger partial charge on any atom is 0.408 e. The predicted octanol–water partition coefficient (Wildman–Crippen LogP) is 3.41. The molecule has 2 atom stereocenters. The van der Waals surface area contributed by atoms with Crippen LogP contribution in [-0.4, -0.2) is 51.9 Å². The Hall–Kier alpha value is -3.54. The maximum atomic E-state index is 14.2. The van der Waals surface area contributed by atoms with Gasteiger partial charge in [-0.25, -0.2) is 4.79 Å². The van der Waals surface area contributed by atoms with Crippen LogP contribution in [0.2, 0.25) is 0 Å². The second-order valence-electron chi connectivity index (χ2n) is 10.9. The minimum absolute atomic E-state index is 0.0573. The van der Waals surface area contributed by atoms with E-state index in [1.165, 1.54) is 4.90 Å². The molecule has 0 aliphatic heterocycles. The van der Waals surface area contributed by atoms with Gasteiger partial charge >= 0.3 is 6.09 Å². The Morgan fingerprint density at radius 1 is 1.05 bits per heavy atom. The van der Waals surface area contributed by atoms with Gasteiger partial charge in [-0.05, 0) is 79.0 Å². The number of nitrogens with two attached hydrogens (primary N) is 1. The summed E-state index contributed by atoms with van der Waals surface area (Å²) in [7, 11) is 0. The summed E-state index contributed by atoms with van der Waals surface area (Å²) in [4.78, 5) is 53.5. The molecular formula is C28H42N4O5. The number of ether oxygens (including phenoxy) is 1. The van der Waals surface area contributed by atoms with E-state index >= 15 is 0 Å². The van der Waals surface area contributed by atoms with Crippen LogP contribution >= 0.6 is 0 Å². The summed E-state index contributed by atoms with van der Waals surface area (Å²) in [5.74, 6) is 1.00. The molecule has 0 spiro atoms. The Labute approximate surface area is 220 Å². The normalized spacial score (nSPS) is 13.2. The van der Waals surface area contributed by atoms with Crippen LogP contribution < -0.4 is 16.4 Å². The number of primary amides is 1. The lowest BCUT2D eigenvalue weighted by molar-refractivity contribution is -0.149. The Bertz CT molecular complexity index is 1000. The molecule has 4 amide bonds. The summed E-state index contributed by atoms with van der Waals surface area (Å²) in [6.45, 7) is 14.3. The van der Waals surface area contributed by atoms with Crippen molar-refractivity contribution >= 4 is 23.8 Å². The lowest BCUT2D eigenvalue weighted by Gasteiger charge is -2.44. The van der Waals surface area contributed by atoms with Crippen LogP contribution in [-0.2, 0) is 19.1 Å². The Morgan fingerprint density at radius 2 is 1.62 bits per heavy atom. The van der Waals surface area contributed by atoms with Gasteiger partial charge in [0.15, 0.2) is 0 Å². The first-order chi connectivity index (χ1) is 17.0. The van der Waals surface area contributed by atoms with Gasteiger partial charge in [0, 0.05) is 23.6 Å². The molecule has 0 aromatic heterocycles. The van der Waals surface area contributed by atoms with Crippen molar-refractivity contribution in [3.8, 4) is 12.3 Å². The number of alkyl carbamates (subject to hydrolysis) is 1. The number of rotatable bonds is 11. The number of amides is 4. The number of terminal acetylenes is 1. The molecule has 4 N–H and O–H groups in total. The van der Waals surface area contributed by atoms with Gasteiger partial charge in [0.25, 0.3) is 0 Å². The molecule has 9 heteroatoms. The maximum absolute atomic E-state index is 14.2. The van der Waals surface area contributed by atoms with E-state index < -0.39 is 41.1 Å². The zero-order valence-electron chi connectivity index (χ0n) is 23.3. The average molecular weight is 515 g/mol. The van der Waals surface area contributed by atoms with Crippen LogP contribution in [0.15, 0.2) is 24.3 Å². The summed E-state index contributed by atoms with van der Waals surface area (Å²) < 4.78 is 5.35. The van der Waals surface area contributed by atoms with Crippen molar-refractivity contribution < 1.29 is 23.9 Å². The lowest BCUT2D eigenvalue weighted by Crippen LogP contribution is -2.59. The van der Waals surface area contributed by atoms with Crippen molar-refractivity contribution in [3.05, 3.63) is 35.4 Å². The largest absolute Gasteiger partial charge is 0.444 e. The molecule has 0 bridgehead atoms. The zero-order valence-corrected chi connectivity index (χ0v) is 23.3. The van der Waals surface area contributed by atoms with Crippen LogP contribution in [0, 0.1) is 12.3 Å². The van der Waals surface area contributed by atoms with Gasteiger partial charge in [0.2, 0.25) is 17.7 Å². The minimum atomic E-state index is -1.16. The number of nitrogens with zero attached hydrogens (tertiary/aromatic N) is 1. The topological polar surface area (TPSA) is 131 Å². The minimum Gasteiger partial charge on any atom is -0.444 e. The average Bonchev–Trinajstić information content (AvgIpc) is 2.77. The molecule has 9 nitrogen and oxygen atoms in total. The van der Waals surface area contributed by atoms with Gasteiger partial charge < -0.3 is 26.0 Å². The van der Waals surface area contributed by atoms with Crippen molar-refractivity contribution in [1.29, 1.82) is 0 Å². The van der Waals surface area contributed by atoms with E-state index in [9.17, 15) is 19.2 Å². The number of carbonyl (C=O) groups excluding carboxylic acids is 4. The highest BCUT2D eigenvalue weighted by molar-refractivity contribution is 5.93. The molecule has 2 unspecified atom stereocenters. The first-order valence-electron chi connectivity index (χ1n) is 12.5. The number of hydrogen-bond acceptors (Lipinski definition) is 5. The lowest BCUT2D eigenvalue weighted by atomic mass is 9.91. The molecule has 0 saturated carbocycles. The molecule has 204 valence electrons. The monoisotopic (exact) mass is 514 g/mol.